The van der Waals surface area contributed by atoms with Gasteiger partial charge in [0.1, 0.15) is 11.5 Å². The van der Waals surface area contributed by atoms with E-state index in [4.69, 9.17) is 20.8 Å². The number of hydrogen-bond donors (Lipinski definition) is 0. The summed E-state index contributed by atoms with van der Waals surface area (Å²) in [4.78, 5) is 31.1. The highest BCUT2D eigenvalue weighted by atomic mass is 35.5. The smallest absolute Gasteiger partial charge is 0.289 e. The number of rotatable bonds is 4. The lowest BCUT2D eigenvalue weighted by Crippen LogP contribution is -2.48. The summed E-state index contributed by atoms with van der Waals surface area (Å²) in [5.74, 6) is 1.22. The topological polar surface area (TPSA) is 66.2 Å². The van der Waals surface area contributed by atoms with Crippen LogP contribution >= 0.6 is 11.6 Å². The molecule has 2 aromatic carbocycles. The molecule has 0 saturated carbocycles. The third-order valence-corrected chi connectivity index (χ3v) is 6.22. The van der Waals surface area contributed by atoms with Gasteiger partial charge in [-0.25, -0.2) is 0 Å². The molecule has 0 unspecified atom stereocenters. The molecule has 170 valence electrons. The zero-order valence-electron chi connectivity index (χ0n) is 18.3. The number of amides is 2. The maximum absolute atomic E-state index is 13.0. The molecule has 3 heterocycles. The lowest BCUT2D eigenvalue weighted by molar-refractivity contribution is -0.121. The molecule has 0 N–H and O–H groups in total. The van der Waals surface area contributed by atoms with Gasteiger partial charge in [-0.3, -0.25) is 14.5 Å². The van der Waals surface area contributed by atoms with Crippen molar-refractivity contribution in [3.63, 3.8) is 0 Å². The van der Waals surface area contributed by atoms with E-state index in [1.54, 1.807) is 21.9 Å². The molecule has 1 aromatic heterocycles. The van der Waals surface area contributed by atoms with Gasteiger partial charge in [0.25, 0.3) is 11.8 Å². The van der Waals surface area contributed by atoms with Crippen LogP contribution in [0, 0.1) is 6.92 Å². The number of furan rings is 1. The number of halogens is 1. The summed E-state index contributed by atoms with van der Waals surface area (Å²) in [5.41, 5.74) is 2.82. The summed E-state index contributed by atoms with van der Waals surface area (Å²) in [5, 5.41) is 0.700. The standard InChI is InChI=1S/C25H24ClN3O4/c1-17-5-7-21-23(13-17)32-16-24(30)29(21)15-20-6-8-22(33-20)25(31)28-11-9-27(10-12-28)19-4-2-3-18(26)14-19/h2-8,13-14H,9-12,15-16H2,1H3. The number of hydrogen-bond acceptors (Lipinski definition) is 5. The van der Waals surface area contributed by atoms with Gasteiger partial charge < -0.3 is 19.0 Å². The molecule has 2 amide bonds. The average molecular weight is 466 g/mol. The van der Waals surface area contributed by atoms with Crippen molar-refractivity contribution < 1.29 is 18.7 Å². The number of ether oxygens (including phenoxy) is 1. The molecule has 2 aliphatic rings. The van der Waals surface area contributed by atoms with Gasteiger partial charge in [-0.1, -0.05) is 23.7 Å². The zero-order chi connectivity index (χ0) is 22.9. The van der Waals surface area contributed by atoms with Crippen LogP contribution < -0.4 is 14.5 Å². The van der Waals surface area contributed by atoms with Gasteiger partial charge >= 0.3 is 0 Å². The summed E-state index contributed by atoms with van der Waals surface area (Å²) in [6.45, 7) is 4.83. The number of aryl methyl sites for hydroxylation is 1. The van der Waals surface area contributed by atoms with Crippen molar-refractivity contribution >= 4 is 34.8 Å². The van der Waals surface area contributed by atoms with Gasteiger partial charge in [0.05, 0.1) is 12.2 Å². The lowest BCUT2D eigenvalue weighted by Gasteiger charge is -2.35. The third kappa shape index (κ3) is 4.41. The highest BCUT2D eigenvalue weighted by Gasteiger charge is 2.28. The molecule has 0 spiro atoms. The minimum absolute atomic E-state index is 0.0140. The summed E-state index contributed by atoms with van der Waals surface area (Å²) < 4.78 is 11.4. The SMILES string of the molecule is Cc1ccc2c(c1)OCC(=O)N2Cc1ccc(C(=O)N2CCN(c3cccc(Cl)c3)CC2)o1. The largest absolute Gasteiger partial charge is 0.482 e. The second kappa shape index (κ2) is 8.83. The van der Waals surface area contributed by atoms with Crippen LogP contribution in [0.3, 0.4) is 0 Å². The summed E-state index contributed by atoms with van der Waals surface area (Å²) >= 11 is 6.10. The quantitative estimate of drug-likeness (QED) is 0.579. The Morgan fingerprint density at radius 1 is 1.03 bits per heavy atom. The van der Waals surface area contributed by atoms with E-state index in [0.29, 0.717) is 35.3 Å². The molecule has 0 radical (unpaired) electrons. The van der Waals surface area contributed by atoms with E-state index in [1.165, 1.54) is 0 Å². The van der Waals surface area contributed by atoms with E-state index < -0.39 is 0 Å². The second-order valence-electron chi connectivity index (χ2n) is 8.26. The van der Waals surface area contributed by atoms with Crippen LogP contribution in [0.5, 0.6) is 5.75 Å². The number of nitrogens with zero attached hydrogens (tertiary/aromatic N) is 3. The first kappa shape index (κ1) is 21.4. The van der Waals surface area contributed by atoms with E-state index >= 15 is 0 Å². The van der Waals surface area contributed by atoms with E-state index in [-0.39, 0.29) is 30.7 Å². The predicted molar refractivity (Wildman–Crippen MR) is 126 cm³/mol. The van der Waals surface area contributed by atoms with Gasteiger partial charge in [0, 0.05) is 36.9 Å². The molecule has 3 aromatic rings. The Morgan fingerprint density at radius 3 is 2.64 bits per heavy atom. The Kier molecular flexibility index (Phi) is 5.72. The summed E-state index contributed by atoms with van der Waals surface area (Å²) in [6, 6.07) is 16.9. The Balaban J connectivity index is 1.24. The minimum atomic E-state index is -0.146. The van der Waals surface area contributed by atoms with Gasteiger partial charge in [0.15, 0.2) is 12.4 Å². The van der Waals surface area contributed by atoms with Crippen molar-refractivity contribution in [3.8, 4) is 5.75 Å². The number of anilines is 2. The van der Waals surface area contributed by atoms with E-state index in [2.05, 4.69) is 4.90 Å². The van der Waals surface area contributed by atoms with Crippen molar-refractivity contribution in [1.29, 1.82) is 0 Å². The number of carbonyl (C=O) groups is 2. The van der Waals surface area contributed by atoms with Crippen LogP contribution in [0.1, 0.15) is 21.9 Å². The maximum Gasteiger partial charge on any atom is 0.289 e. The fraction of sp³-hybridized carbons (Fsp3) is 0.280. The van der Waals surface area contributed by atoms with Gasteiger partial charge in [0.2, 0.25) is 0 Å². The first-order valence-electron chi connectivity index (χ1n) is 10.9. The van der Waals surface area contributed by atoms with Gasteiger partial charge in [-0.2, -0.15) is 0 Å². The molecule has 0 atom stereocenters. The number of benzene rings is 2. The minimum Gasteiger partial charge on any atom is -0.482 e. The molecule has 2 aliphatic heterocycles. The molecule has 8 heteroatoms. The van der Waals surface area contributed by atoms with Crippen LogP contribution in [0.2, 0.25) is 5.02 Å². The van der Waals surface area contributed by atoms with Crippen LogP contribution in [-0.4, -0.2) is 49.5 Å². The Labute approximate surface area is 197 Å². The summed E-state index contributed by atoms with van der Waals surface area (Å²) in [7, 11) is 0. The predicted octanol–water partition coefficient (Wildman–Crippen LogP) is 4.13. The third-order valence-electron chi connectivity index (χ3n) is 5.98. The van der Waals surface area contributed by atoms with Crippen molar-refractivity contribution in [3.05, 3.63) is 76.7 Å². The fourth-order valence-electron chi connectivity index (χ4n) is 4.22. The highest BCUT2D eigenvalue weighted by molar-refractivity contribution is 6.30. The molecular weight excluding hydrogens is 442 g/mol. The first-order chi connectivity index (χ1) is 16.0. The van der Waals surface area contributed by atoms with Crippen molar-refractivity contribution in [2.45, 2.75) is 13.5 Å². The van der Waals surface area contributed by atoms with Gasteiger partial charge in [-0.15, -0.1) is 0 Å². The van der Waals surface area contributed by atoms with Crippen LogP contribution in [0.4, 0.5) is 11.4 Å². The van der Waals surface area contributed by atoms with Crippen molar-refractivity contribution in [2.75, 3.05) is 42.6 Å². The normalized spacial score (nSPS) is 15.9. The lowest BCUT2D eigenvalue weighted by atomic mass is 10.1. The average Bonchev–Trinajstić information content (AvgIpc) is 3.29. The Bertz CT molecular complexity index is 1200. The van der Waals surface area contributed by atoms with E-state index in [0.717, 1.165) is 24.3 Å². The van der Waals surface area contributed by atoms with Crippen LogP contribution in [0.25, 0.3) is 0 Å². The Morgan fingerprint density at radius 2 is 1.85 bits per heavy atom. The van der Waals surface area contributed by atoms with Crippen LogP contribution in [-0.2, 0) is 11.3 Å². The molecular formula is C25H24ClN3O4. The van der Waals surface area contributed by atoms with Crippen molar-refractivity contribution in [2.24, 2.45) is 0 Å². The monoisotopic (exact) mass is 465 g/mol. The highest BCUT2D eigenvalue weighted by Crippen LogP contribution is 2.34. The van der Waals surface area contributed by atoms with Crippen molar-refractivity contribution in [1.82, 2.24) is 4.90 Å². The second-order valence-corrected chi connectivity index (χ2v) is 8.70. The van der Waals surface area contributed by atoms with Gasteiger partial charge in [-0.05, 0) is 55.0 Å². The van der Waals surface area contributed by atoms with E-state index in [1.807, 2.05) is 49.4 Å². The van der Waals surface area contributed by atoms with E-state index in [9.17, 15) is 9.59 Å². The summed E-state index contributed by atoms with van der Waals surface area (Å²) in [6.07, 6.45) is 0. The number of carbonyl (C=O) groups excluding carboxylic acids is 2. The molecule has 1 saturated heterocycles. The molecule has 0 bridgehead atoms. The van der Waals surface area contributed by atoms with Crippen LogP contribution in [0.15, 0.2) is 59.0 Å². The molecule has 5 rings (SSSR count). The number of fused-ring (bicyclic) bond motifs is 1. The zero-order valence-corrected chi connectivity index (χ0v) is 19.0. The maximum atomic E-state index is 13.0. The molecule has 7 nitrogen and oxygen atoms in total. The fourth-order valence-corrected chi connectivity index (χ4v) is 4.40. The molecule has 0 aliphatic carbocycles. The number of piperazine rings is 1. The molecule has 1 fully saturated rings. The first-order valence-corrected chi connectivity index (χ1v) is 11.3. The Hall–Kier alpha value is -3.45. The molecule has 33 heavy (non-hydrogen) atoms.